The van der Waals surface area contributed by atoms with Crippen LogP contribution in [0.15, 0.2) is 36.5 Å². The van der Waals surface area contributed by atoms with E-state index in [-0.39, 0.29) is 17.9 Å². The van der Waals surface area contributed by atoms with Gasteiger partial charge in [0.25, 0.3) is 5.91 Å². The first-order valence-corrected chi connectivity index (χ1v) is 10.7. The summed E-state index contributed by atoms with van der Waals surface area (Å²) in [6, 6.07) is 11.8. The summed E-state index contributed by atoms with van der Waals surface area (Å²) in [5.41, 5.74) is 8.29. The van der Waals surface area contributed by atoms with E-state index in [2.05, 4.69) is 57.1 Å². The molecule has 2 saturated heterocycles. The number of anilines is 1. The number of likely N-dealkylation sites (tertiary alicyclic amines) is 2. The number of fused-ring (bicyclic) bond motifs is 1. The second-order valence-electron chi connectivity index (χ2n) is 8.45. The lowest BCUT2D eigenvalue weighted by Gasteiger charge is -2.37. The summed E-state index contributed by atoms with van der Waals surface area (Å²) in [7, 11) is 2.24. The first-order valence-electron chi connectivity index (χ1n) is 10.7. The predicted molar refractivity (Wildman–Crippen MR) is 115 cm³/mol. The van der Waals surface area contributed by atoms with E-state index >= 15 is 0 Å². The van der Waals surface area contributed by atoms with Crippen molar-refractivity contribution in [2.75, 3.05) is 19.3 Å². The smallest absolute Gasteiger partial charge is 0.257 e. The molecule has 3 heterocycles. The molecule has 0 bridgehead atoms. The fraction of sp³-hybridized carbons (Fsp3) is 0.522. The maximum atomic E-state index is 13.5. The molecule has 0 radical (unpaired) electrons. The van der Waals surface area contributed by atoms with Gasteiger partial charge in [0.05, 0.1) is 11.3 Å². The zero-order valence-electron chi connectivity index (χ0n) is 17.4. The van der Waals surface area contributed by atoms with Gasteiger partial charge in [0.2, 0.25) is 5.95 Å². The van der Waals surface area contributed by atoms with Crippen LogP contribution in [0.5, 0.6) is 0 Å². The van der Waals surface area contributed by atoms with Gasteiger partial charge in [-0.1, -0.05) is 43.2 Å². The predicted octanol–water partition coefficient (Wildman–Crippen LogP) is 3.07. The third-order valence-corrected chi connectivity index (χ3v) is 6.66. The van der Waals surface area contributed by atoms with Gasteiger partial charge in [0.1, 0.15) is 0 Å². The molecule has 2 fully saturated rings. The van der Waals surface area contributed by atoms with Gasteiger partial charge in [-0.15, -0.1) is 0 Å². The lowest BCUT2D eigenvalue weighted by Crippen LogP contribution is -2.49. The highest BCUT2D eigenvalue weighted by atomic mass is 16.2. The summed E-state index contributed by atoms with van der Waals surface area (Å²) < 4.78 is 0. The number of aromatic nitrogens is 2. The summed E-state index contributed by atoms with van der Waals surface area (Å²) in [5.74, 6) is 0.265. The van der Waals surface area contributed by atoms with Crippen molar-refractivity contribution in [2.24, 2.45) is 0 Å². The highest BCUT2D eigenvalue weighted by molar-refractivity contribution is 5.95. The van der Waals surface area contributed by atoms with Crippen LogP contribution in [0.25, 0.3) is 0 Å². The molecule has 6 heteroatoms. The average Bonchev–Trinajstić information content (AvgIpc) is 2.97. The van der Waals surface area contributed by atoms with Crippen LogP contribution in [-0.4, -0.2) is 57.4 Å². The van der Waals surface area contributed by atoms with Gasteiger partial charge in [-0.25, -0.2) is 9.97 Å². The molecule has 154 valence electrons. The number of carbonyl (C=O) groups excluding carboxylic acids is 1. The quantitative estimate of drug-likeness (QED) is 0.867. The number of aryl methyl sites for hydroxylation is 1. The second-order valence-corrected chi connectivity index (χ2v) is 8.45. The van der Waals surface area contributed by atoms with Crippen molar-refractivity contribution < 1.29 is 4.79 Å². The largest absolute Gasteiger partial charge is 0.368 e. The zero-order chi connectivity index (χ0) is 20.4. The maximum Gasteiger partial charge on any atom is 0.257 e. The first kappa shape index (κ1) is 19.8. The molecule has 0 spiro atoms. The Labute approximate surface area is 173 Å². The molecular weight excluding hydrogens is 362 g/mol. The number of nitrogen functional groups attached to an aromatic ring is 1. The standard InChI is InChI=1S/C23H31N5O/c1-16-19(15-25-23(24)26-16)22(29)28-12-8-4-7-11-20-21(28)14-18(27(20)2)13-17-9-5-3-6-10-17/h3,5-6,9-10,15,18,20-21H,4,7-8,11-14H2,1-2H3,(H2,24,25,26)/t18-,20-,21+/m1/s1. The van der Waals surface area contributed by atoms with Gasteiger partial charge in [0.15, 0.2) is 0 Å². The number of rotatable bonds is 3. The van der Waals surface area contributed by atoms with E-state index in [1.807, 2.05) is 6.92 Å². The van der Waals surface area contributed by atoms with Gasteiger partial charge >= 0.3 is 0 Å². The van der Waals surface area contributed by atoms with E-state index in [0.29, 0.717) is 23.3 Å². The van der Waals surface area contributed by atoms with Crippen molar-refractivity contribution >= 4 is 11.9 Å². The molecule has 1 amide bonds. The number of hydrogen-bond donors (Lipinski definition) is 1. The molecule has 2 aromatic rings. The minimum absolute atomic E-state index is 0.0492. The lowest BCUT2D eigenvalue weighted by molar-refractivity contribution is 0.0599. The van der Waals surface area contributed by atoms with Gasteiger partial charge in [0, 0.05) is 30.9 Å². The SMILES string of the molecule is Cc1nc(N)ncc1C(=O)N1CCCCC[C@@H]2[C@@H]1C[C@@H](Cc1ccccc1)N2C. The Kier molecular flexibility index (Phi) is 5.81. The van der Waals surface area contributed by atoms with Gasteiger partial charge in [-0.05, 0) is 45.2 Å². The molecule has 2 aliphatic rings. The Morgan fingerprint density at radius 3 is 2.72 bits per heavy atom. The summed E-state index contributed by atoms with van der Waals surface area (Å²) in [6.45, 7) is 2.64. The van der Waals surface area contributed by atoms with Crippen LogP contribution in [0.3, 0.4) is 0 Å². The molecule has 4 rings (SSSR count). The van der Waals surface area contributed by atoms with Crippen LogP contribution < -0.4 is 5.73 Å². The van der Waals surface area contributed by atoms with Crippen LogP contribution in [0.2, 0.25) is 0 Å². The molecular formula is C23H31N5O. The van der Waals surface area contributed by atoms with Crippen molar-refractivity contribution in [3.05, 3.63) is 53.3 Å². The first-order chi connectivity index (χ1) is 14.0. The zero-order valence-corrected chi connectivity index (χ0v) is 17.4. The number of likely N-dealkylation sites (N-methyl/N-ethyl adjacent to an activating group) is 1. The van der Waals surface area contributed by atoms with Gasteiger partial charge in [-0.2, -0.15) is 0 Å². The van der Waals surface area contributed by atoms with Crippen molar-refractivity contribution in [1.29, 1.82) is 0 Å². The third-order valence-electron chi connectivity index (χ3n) is 6.66. The van der Waals surface area contributed by atoms with E-state index < -0.39 is 0 Å². The molecule has 29 heavy (non-hydrogen) atoms. The number of nitrogens with zero attached hydrogens (tertiary/aromatic N) is 4. The fourth-order valence-corrected chi connectivity index (χ4v) is 5.07. The van der Waals surface area contributed by atoms with E-state index in [0.717, 1.165) is 32.2 Å². The molecule has 0 aliphatic carbocycles. The topological polar surface area (TPSA) is 75.3 Å². The number of nitrogens with two attached hydrogens (primary N) is 1. The summed E-state index contributed by atoms with van der Waals surface area (Å²) in [5, 5.41) is 0. The number of hydrogen-bond acceptors (Lipinski definition) is 5. The third kappa shape index (κ3) is 4.13. The Bertz CT molecular complexity index is 856. The van der Waals surface area contributed by atoms with Crippen LogP contribution in [0.1, 0.15) is 53.7 Å². The van der Waals surface area contributed by atoms with E-state index in [1.54, 1.807) is 6.20 Å². The molecule has 2 aliphatic heterocycles. The summed E-state index contributed by atoms with van der Waals surface area (Å²) in [6.07, 6.45) is 8.22. The molecule has 1 aromatic heterocycles. The van der Waals surface area contributed by atoms with Gasteiger partial charge < -0.3 is 10.6 Å². The number of amides is 1. The monoisotopic (exact) mass is 393 g/mol. The van der Waals surface area contributed by atoms with Crippen molar-refractivity contribution in [3.8, 4) is 0 Å². The molecule has 1 aromatic carbocycles. The van der Waals surface area contributed by atoms with E-state index in [4.69, 9.17) is 5.73 Å². The molecule has 6 nitrogen and oxygen atoms in total. The van der Waals surface area contributed by atoms with Crippen molar-refractivity contribution in [3.63, 3.8) is 0 Å². The Balaban J connectivity index is 1.59. The van der Waals surface area contributed by atoms with Crippen molar-refractivity contribution in [2.45, 2.75) is 63.6 Å². The van der Waals surface area contributed by atoms with Crippen LogP contribution in [0, 0.1) is 6.92 Å². The van der Waals surface area contributed by atoms with Crippen LogP contribution in [0.4, 0.5) is 5.95 Å². The van der Waals surface area contributed by atoms with E-state index in [9.17, 15) is 4.79 Å². The molecule has 0 saturated carbocycles. The van der Waals surface area contributed by atoms with Crippen molar-refractivity contribution in [1.82, 2.24) is 19.8 Å². The average molecular weight is 394 g/mol. The van der Waals surface area contributed by atoms with Gasteiger partial charge in [-0.3, -0.25) is 9.69 Å². The maximum absolute atomic E-state index is 13.5. The number of benzene rings is 1. The molecule has 3 atom stereocenters. The number of carbonyl (C=O) groups is 1. The molecule has 0 unspecified atom stereocenters. The van der Waals surface area contributed by atoms with Crippen LogP contribution >= 0.6 is 0 Å². The summed E-state index contributed by atoms with van der Waals surface area (Å²) >= 11 is 0. The Hall–Kier alpha value is -2.47. The van der Waals surface area contributed by atoms with Crippen LogP contribution in [-0.2, 0) is 6.42 Å². The fourth-order valence-electron chi connectivity index (χ4n) is 5.07. The minimum atomic E-state index is 0.0492. The highest BCUT2D eigenvalue weighted by Crippen LogP contribution is 2.34. The normalized spacial score (nSPS) is 25.3. The Morgan fingerprint density at radius 1 is 1.17 bits per heavy atom. The lowest BCUT2D eigenvalue weighted by atomic mass is 9.95. The van der Waals surface area contributed by atoms with E-state index in [1.165, 1.54) is 18.4 Å². The minimum Gasteiger partial charge on any atom is -0.368 e. The Morgan fingerprint density at radius 2 is 1.97 bits per heavy atom. The highest BCUT2D eigenvalue weighted by Gasteiger charge is 2.43. The second kappa shape index (κ2) is 8.49. The summed E-state index contributed by atoms with van der Waals surface area (Å²) in [4.78, 5) is 26.4. The molecule has 2 N–H and O–H groups in total.